The van der Waals surface area contributed by atoms with Gasteiger partial charge in [0, 0.05) is 19.1 Å². The highest BCUT2D eigenvalue weighted by Crippen LogP contribution is 2.35. The Morgan fingerprint density at radius 1 is 1.31 bits per heavy atom. The van der Waals surface area contributed by atoms with Gasteiger partial charge in [0.1, 0.15) is 0 Å². The number of carboxylic acid groups (broad SMARTS) is 1. The molecule has 5 heteroatoms. The molecule has 1 aliphatic heterocycles. The molecule has 94 valence electrons. The van der Waals surface area contributed by atoms with E-state index >= 15 is 0 Å². The number of carbonyl (C=O) groups is 1. The van der Waals surface area contributed by atoms with E-state index in [0.717, 1.165) is 25.2 Å². The summed E-state index contributed by atoms with van der Waals surface area (Å²) >= 11 is 0. The van der Waals surface area contributed by atoms with Gasteiger partial charge in [-0.25, -0.2) is 4.79 Å². The molecule has 16 heavy (non-hydrogen) atoms. The Hall–Kier alpha value is -0.480. The lowest BCUT2D eigenvalue weighted by Crippen LogP contribution is -2.39. The maximum Gasteiger partial charge on any atom is 0.407 e. The average Bonchev–Trinajstić information content (AvgIpc) is 3.01. The summed E-state index contributed by atoms with van der Waals surface area (Å²) in [5.41, 5.74) is 6.07. The largest absolute Gasteiger partial charge is 0.465 e. The maximum atomic E-state index is 10.7. The van der Waals surface area contributed by atoms with Crippen LogP contribution in [0.25, 0.3) is 0 Å². The Labute approximate surface area is 103 Å². The smallest absolute Gasteiger partial charge is 0.407 e. The molecule has 0 aromatic rings. The van der Waals surface area contributed by atoms with Crippen LogP contribution in [0.2, 0.25) is 0 Å². The van der Waals surface area contributed by atoms with Gasteiger partial charge in [-0.05, 0) is 43.9 Å². The number of hydrogen-bond acceptors (Lipinski definition) is 2. The second-order valence-corrected chi connectivity index (χ2v) is 4.95. The third-order valence-electron chi connectivity index (χ3n) is 3.72. The number of hydrogen-bond donors (Lipinski definition) is 2. The zero-order chi connectivity index (χ0) is 10.8. The van der Waals surface area contributed by atoms with Gasteiger partial charge in [-0.1, -0.05) is 0 Å². The summed E-state index contributed by atoms with van der Waals surface area (Å²) in [4.78, 5) is 12.2. The standard InChI is InChI=1S/C11H20N2O2.ClH/c12-10(9-1-2-9)7-8-3-5-13(6-4-8)11(14)15;/h8-10H,1-7,12H2,(H,14,15);1H. The Bertz CT molecular complexity index is 238. The van der Waals surface area contributed by atoms with Gasteiger partial charge >= 0.3 is 6.09 Å². The zero-order valence-electron chi connectivity index (χ0n) is 9.47. The monoisotopic (exact) mass is 248 g/mol. The van der Waals surface area contributed by atoms with Gasteiger partial charge in [-0.3, -0.25) is 0 Å². The molecule has 0 aromatic carbocycles. The van der Waals surface area contributed by atoms with Gasteiger partial charge in [0.2, 0.25) is 0 Å². The first-order chi connectivity index (χ1) is 7.16. The van der Waals surface area contributed by atoms with Crippen LogP contribution in [0, 0.1) is 11.8 Å². The lowest BCUT2D eigenvalue weighted by molar-refractivity contribution is 0.121. The molecule has 2 aliphatic rings. The molecule has 0 spiro atoms. The van der Waals surface area contributed by atoms with E-state index in [4.69, 9.17) is 10.8 Å². The van der Waals surface area contributed by atoms with Crippen LogP contribution in [0.3, 0.4) is 0 Å². The highest BCUT2D eigenvalue weighted by molar-refractivity contribution is 5.85. The Balaban J connectivity index is 0.00000128. The van der Waals surface area contributed by atoms with Gasteiger partial charge in [0.05, 0.1) is 0 Å². The number of nitrogens with two attached hydrogens (primary N) is 1. The van der Waals surface area contributed by atoms with Crippen LogP contribution in [0.5, 0.6) is 0 Å². The summed E-state index contributed by atoms with van der Waals surface area (Å²) in [5.74, 6) is 1.42. The summed E-state index contributed by atoms with van der Waals surface area (Å²) < 4.78 is 0. The van der Waals surface area contributed by atoms with E-state index in [9.17, 15) is 4.79 Å². The first-order valence-corrected chi connectivity index (χ1v) is 5.90. The number of nitrogens with zero attached hydrogens (tertiary/aromatic N) is 1. The summed E-state index contributed by atoms with van der Waals surface area (Å²) in [7, 11) is 0. The molecule has 1 amide bonds. The predicted octanol–water partition coefficient (Wildman–Crippen LogP) is 1.93. The molecule has 4 nitrogen and oxygen atoms in total. The van der Waals surface area contributed by atoms with Gasteiger partial charge in [-0.2, -0.15) is 0 Å². The van der Waals surface area contributed by atoms with Crippen LogP contribution >= 0.6 is 12.4 Å². The molecular formula is C11H21ClN2O2. The Morgan fingerprint density at radius 3 is 2.31 bits per heavy atom. The zero-order valence-corrected chi connectivity index (χ0v) is 10.3. The van der Waals surface area contributed by atoms with E-state index in [-0.39, 0.29) is 12.4 Å². The van der Waals surface area contributed by atoms with E-state index in [1.165, 1.54) is 17.7 Å². The summed E-state index contributed by atoms with van der Waals surface area (Å²) in [6, 6.07) is 0.367. The van der Waals surface area contributed by atoms with Crippen molar-refractivity contribution in [1.29, 1.82) is 0 Å². The van der Waals surface area contributed by atoms with Crippen LogP contribution in [0.4, 0.5) is 4.79 Å². The van der Waals surface area contributed by atoms with Gasteiger partial charge < -0.3 is 15.7 Å². The van der Waals surface area contributed by atoms with E-state index in [1.54, 1.807) is 0 Å². The van der Waals surface area contributed by atoms with Gasteiger partial charge in [0.15, 0.2) is 0 Å². The van der Waals surface area contributed by atoms with Crippen LogP contribution < -0.4 is 5.73 Å². The molecule has 2 rings (SSSR count). The first-order valence-electron chi connectivity index (χ1n) is 5.90. The van der Waals surface area contributed by atoms with E-state index in [1.807, 2.05) is 0 Å². The lowest BCUT2D eigenvalue weighted by Gasteiger charge is -2.31. The number of amides is 1. The number of likely N-dealkylation sites (tertiary alicyclic amines) is 1. The van der Waals surface area contributed by atoms with Crippen molar-refractivity contribution < 1.29 is 9.90 Å². The maximum absolute atomic E-state index is 10.7. The summed E-state index contributed by atoms with van der Waals surface area (Å²) in [6.45, 7) is 1.38. The van der Waals surface area contributed by atoms with Gasteiger partial charge in [0.25, 0.3) is 0 Å². The molecular weight excluding hydrogens is 228 g/mol. The Morgan fingerprint density at radius 2 is 1.88 bits per heavy atom. The fraction of sp³-hybridized carbons (Fsp3) is 0.909. The van der Waals surface area contributed by atoms with Crippen LogP contribution in [0.1, 0.15) is 32.1 Å². The Kier molecular flexibility index (Phi) is 4.87. The molecule has 2 fully saturated rings. The quantitative estimate of drug-likeness (QED) is 0.802. The SMILES string of the molecule is Cl.NC(CC1CCN(C(=O)O)CC1)C1CC1. The third-order valence-corrected chi connectivity index (χ3v) is 3.72. The summed E-state index contributed by atoms with van der Waals surface area (Å²) in [5, 5.41) is 8.81. The normalized spacial score (nSPS) is 23.7. The summed E-state index contributed by atoms with van der Waals surface area (Å²) in [6.07, 6.45) is 4.90. The van der Waals surface area contributed by atoms with Crippen molar-refractivity contribution in [1.82, 2.24) is 4.90 Å². The van der Waals surface area contributed by atoms with E-state index in [0.29, 0.717) is 25.0 Å². The minimum absolute atomic E-state index is 0. The molecule has 0 radical (unpaired) electrons. The molecule has 3 N–H and O–H groups in total. The number of piperidine rings is 1. The molecule has 1 aliphatic carbocycles. The molecule has 1 saturated carbocycles. The third kappa shape index (κ3) is 3.52. The average molecular weight is 249 g/mol. The first kappa shape index (κ1) is 13.6. The van der Waals surface area contributed by atoms with E-state index < -0.39 is 6.09 Å². The van der Waals surface area contributed by atoms with Crippen LogP contribution in [0.15, 0.2) is 0 Å². The second-order valence-electron chi connectivity index (χ2n) is 4.95. The molecule has 0 aromatic heterocycles. The van der Waals surface area contributed by atoms with Crippen molar-refractivity contribution in [3.8, 4) is 0 Å². The van der Waals surface area contributed by atoms with Crippen molar-refractivity contribution in [2.75, 3.05) is 13.1 Å². The molecule has 0 bridgehead atoms. The van der Waals surface area contributed by atoms with Gasteiger partial charge in [-0.15, -0.1) is 12.4 Å². The highest BCUT2D eigenvalue weighted by atomic mass is 35.5. The molecule has 1 unspecified atom stereocenters. The van der Waals surface area contributed by atoms with Crippen LogP contribution in [-0.2, 0) is 0 Å². The van der Waals surface area contributed by atoms with Crippen molar-refractivity contribution >= 4 is 18.5 Å². The molecule has 1 heterocycles. The van der Waals surface area contributed by atoms with Crippen molar-refractivity contribution in [2.45, 2.75) is 38.1 Å². The van der Waals surface area contributed by atoms with Crippen molar-refractivity contribution in [3.05, 3.63) is 0 Å². The lowest BCUT2D eigenvalue weighted by atomic mass is 9.89. The predicted molar refractivity (Wildman–Crippen MR) is 64.9 cm³/mol. The highest BCUT2D eigenvalue weighted by Gasteiger charge is 2.31. The van der Waals surface area contributed by atoms with Crippen molar-refractivity contribution in [3.63, 3.8) is 0 Å². The number of rotatable bonds is 3. The second kappa shape index (κ2) is 5.73. The minimum atomic E-state index is -0.778. The molecule has 1 atom stereocenters. The topological polar surface area (TPSA) is 66.6 Å². The molecule has 1 saturated heterocycles. The fourth-order valence-electron chi connectivity index (χ4n) is 2.46. The minimum Gasteiger partial charge on any atom is -0.465 e. The van der Waals surface area contributed by atoms with E-state index in [2.05, 4.69) is 0 Å². The number of halogens is 1. The van der Waals surface area contributed by atoms with Crippen molar-refractivity contribution in [2.24, 2.45) is 17.6 Å². The fourth-order valence-corrected chi connectivity index (χ4v) is 2.46. The van der Waals surface area contributed by atoms with Crippen LogP contribution in [-0.4, -0.2) is 35.2 Å².